The molecule has 3 rings (SSSR count). The number of carbonyl (C=O) groups excluding carboxylic acids is 2. The molecule has 132 valence electrons. The molecular weight excluding hydrogens is 376 g/mol. The van der Waals surface area contributed by atoms with Crippen molar-refractivity contribution in [2.45, 2.75) is 0 Å². The molecule has 0 spiro atoms. The minimum atomic E-state index is -0.550. The van der Waals surface area contributed by atoms with Crippen molar-refractivity contribution >= 4 is 46.9 Å². The highest BCUT2D eigenvalue weighted by Gasteiger charge is 2.21. The maximum absolute atomic E-state index is 12.1. The van der Waals surface area contributed by atoms with Gasteiger partial charge in [-0.15, -0.1) is 0 Å². The summed E-state index contributed by atoms with van der Waals surface area (Å²) in [6, 6.07) is 8.31. The molecule has 1 saturated heterocycles. The third-order valence-electron chi connectivity index (χ3n) is 3.44. The number of carbonyl (C=O) groups is 2. The number of halogens is 1. The first kappa shape index (κ1) is 17.9. The number of hydrogen-bond donors (Lipinski definition) is 2. The monoisotopic (exact) mass is 388 g/mol. The van der Waals surface area contributed by atoms with Gasteiger partial charge in [0, 0.05) is 11.6 Å². The second-order valence-corrected chi connectivity index (χ2v) is 6.07. The Labute approximate surface area is 159 Å². The Kier molecular flexibility index (Phi) is 5.20. The predicted octanol–water partition coefficient (Wildman–Crippen LogP) is 3.29. The van der Waals surface area contributed by atoms with Crippen LogP contribution in [0.15, 0.2) is 53.1 Å². The smallest absolute Gasteiger partial charge is 0.339 e. The molecule has 8 heteroatoms. The van der Waals surface area contributed by atoms with Crippen molar-refractivity contribution in [3.8, 4) is 11.3 Å². The first-order valence-electron chi connectivity index (χ1n) is 7.49. The van der Waals surface area contributed by atoms with Gasteiger partial charge in [0.15, 0.2) is 5.11 Å². The molecule has 6 nitrogen and oxygen atoms in total. The van der Waals surface area contributed by atoms with Gasteiger partial charge in [0.2, 0.25) is 0 Å². The van der Waals surface area contributed by atoms with E-state index >= 15 is 0 Å². The Balaban J connectivity index is 1.86. The molecule has 0 saturated carbocycles. The molecule has 1 aliphatic rings. The van der Waals surface area contributed by atoms with Crippen LogP contribution in [0, 0.1) is 0 Å². The summed E-state index contributed by atoms with van der Waals surface area (Å²) in [5, 5.41) is 5.72. The summed E-state index contributed by atoms with van der Waals surface area (Å²) in [6.45, 7) is 3.59. The second kappa shape index (κ2) is 7.55. The Morgan fingerprint density at radius 2 is 2.12 bits per heavy atom. The van der Waals surface area contributed by atoms with E-state index in [1.807, 2.05) is 0 Å². The third-order valence-corrected chi connectivity index (χ3v) is 3.97. The van der Waals surface area contributed by atoms with Gasteiger partial charge in [-0.25, -0.2) is 4.79 Å². The number of thiocarbonyl (C=S) groups is 1. The van der Waals surface area contributed by atoms with E-state index < -0.39 is 5.97 Å². The highest BCUT2D eigenvalue weighted by Crippen LogP contribution is 2.28. The van der Waals surface area contributed by atoms with Gasteiger partial charge in [0.05, 0.1) is 10.6 Å². The van der Waals surface area contributed by atoms with Crippen molar-refractivity contribution in [3.63, 3.8) is 0 Å². The Bertz CT molecular complexity index is 948. The van der Waals surface area contributed by atoms with Crippen LogP contribution in [0.1, 0.15) is 16.1 Å². The van der Waals surface area contributed by atoms with Crippen LogP contribution < -0.4 is 10.6 Å². The first-order chi connectivity index (χ1) is 12.5. The van der Waals surface area contributed by atoms with Gasteiger partial charge < -0.3 is 14.5 Å². The van der Waals surface area contributed by atoms with Crippen LogP contribution in [0.3, 0.4) is 0 Å². The van der Waals surface area contributed by atoms with E-state index in [2.05, 4.69) is 17.2 Å². The molecule has 0 radical (unpaired) electrons. The molecular formula is C18H13ClN2O4S. The number of amides is 1. The molecule has 0 bridgehead atoms. The van der Waals surface area contributed by atoms with Crippen LogP contribution in [0.2, 0.25) is 5.02 Å². The Hall–Kier alpha value is -2.90. The lowest BCUT2D eigenvalue weighted by Gasteiger charge is -2.06. The van der Waals surface area contributed by atoms with Crippen molar-refractivity contribution < 1.29 is 18.7 Å². The molecule has 1 fully saturated rings. The number of rotatable bonds is 5. The highest BCUT2D eigenvalue weighted by atomic mass is 35.5. The van der Waals surface area contributed by atoms with E-state index in [0.29, 0.717) is 22.8 Å². The van der Waals surface area contributed by atoms with Gasteiger partial charge in [0.1, 0.15) is 23.8 Å². The standard InChI is InChI=1S/C18H13ClN2O4S/c1-2-7-24-17(23)12-8-10(3-5-13(12)19)15-6-4-11(25-15)9-14-16(22)21-18(26)20-14/h2-6,8-9H,1,7H2,(H2,20,21,22,26)/b14-9-. The molecule has 1 aromatic carbocycles. The maximum Gasteiger partial charge on any atom is 0.339 e. The summed E-state index contributed by atoms with van der Waals surface area (Å²) < 4.78 is 10.7. The van der Waals surface area contributed by atoms with Crippen molar-refractivity contribution in [1.82, 2.24) is 10.6 Å². The average Bonchev–Trinajstić information content (AvgIpc) is 3.20. The third kappa shape index (κ3) is 3.84. The van der Waals surface area contributed by atoms with Crippen LogP contribution in [0.4, 0.5) is 0 Å². The molecule has 26 heavy (non-hydrogen) atoms. The van der Waals surface area contributed by atoms with E-state index in [9.17, 15) is 9.59 Å². The van der Waals surface area contributed by atoms with Gasteiger partial charge in [-0.1, -0.05) is 24.3 Å². The number of hydrogen-bond acceptors (Lipinski definition) is 5. The second-order valence-electron chi connectivity index (χ2n) is 5.25. The number of esters is 1. The number of benzene rings is 1. The van der Waals surface area contributed by atoms with E-state index in [-0.39, 0.29) is 28.2 Å². The summed E-state index contributed by atoms with van der Waals surface area (Å²) in [7, 11) is 0. The number of furan rings is 1. The van der Waals surface area contributed by atoms with Crippen molar-refractivity contribution in [2.24, 2.45) is 0 Å². The zero-order chi connectivity index (χ0) is 18.7. The topological polar surface area (TPSA) is 80.6 Å². The quantitative estimate of drug-likeness (QED) is 0.354. The minimum absolute atomic E-state index is 0.0921. The lowest BCUT2D eigenvalue weighted by atomic mass is 10.1. The molecule has 2 aromatic rings. The van der Waals surface area contributed by atoms with Gasteiger partial charge in [-0.05, 0) is 42.5 Å². The van der Waals surface area contributed by atoms with Crippen molar-refractivity contribution in [1.29, 1.82) is 0 Å². The van der Waals surface area contributed by atoms with Gasteiger partial charge in [-0.2, -0.15) is 0 Å². The summed E-state index contributed by atoms with van der Waals surface area (Å²) in [5.74, 6) is 0.0815. The van der Waals surface area contributed by atoms with Crippen LogP contribution in [-0.4, -0.2) is 23.6 Å². The summed E-state index contributed by atoms with van der Waals surface area (Å²) in [6.07, 6.45) is 3.01. The maximum atomic E-state index is 12.1. The number of ether oxygens (including phenoxy) is 1. The van der Waals surface area contributed by atoms with Crippen LogP contribution in [0.25, 0.3) is 17.4 Å². The lowest BCUT2D eigenvalue weighted by Crippen LogP contribution is -2.21. The van der Waals surface area contributed by atoms with Crippen LogP contribution in [0.5, 0.6) is 0 Å². The number of nitrogens with one attached hydrogen (secondary N) is 2. The largest absolute Gasteiger partial charge is 0.458 e. The molecule has 1 aromatic heterocycles. The fraction of sp³-hybridized carbons (Fsp3) is 0.0556. The fourth-order valence-corrected chi connectivity index (χ4v) is 2.65. The minimum Gasteiger partial charge on any atom is -0.458 e. The SMILES string of the molecule is C=CCOC(=O)c1cc(-c2ccc(/C=C3\NC(=S)NC3=O)o2)ccc1Cl. The van der Waals surface area contributed by atoms with Crippen LogP contribution in [-0.2, 0) is 9.53 Å². The molecule has 1 aliphatic heterocycles. The fourth-order valence-electron chi connectivity index (χ4n) is 2.26. The van der Waals surface area contributed by atoms with Gasteiger partial charge in [0.25, 0.3) is 5.91 Å². The Morgan fingerprint density at radius 3 is 2.81 bits per heavy atom. The van der Waals surface area contributed by atoms with E-state index in [1.165, 1.54) is 12.2 Å². The molecule has 0 atom stereocenters. The Morgan fingerprint density at radius 1 is 1.31 bits per heavy atom. The van der Waals surface area contributed by atoms with Gasteiger partial charge >= 0.3 is 5.97 Å². The van der Waals surface area contributed by atoms with E-state index in [4.69, 9.17) is 33.0 Å². The van der Waals surface area contributed by atoms with Crippen molar-refractivity contribution in [3.05, 3.63) is 65.0 Å². The lowest BCUT2D eigenvalue weighted by molar-refractivity contribution is -0.115. The summed E-state index contributed by atoms with van der Waals surface area (Å²) >= 11 is 10.9. The zero-order valence-corrected chi connectivity index (χ0v) is 14.9. The summed E-state index contributed by atoms with van der Waals surface area (Å²) in [4.78, 5) is 23.7. The predicted molar refractivity (Wildman–Crippen MR) is 101 cm³/mol. The van der Waals surface area contributed by atoms with E-state index in [0.717, 1.165) is 0 Å². The average molecular weight is 389 g/mol. The first-order valence-corrected chi connectivity index (χ1v) is 8.28. The van der Waals surface area contributed by atoms with Crippen molar-refractivity contribution in [2.75, 3.05) is 6.61 Å². The molecule has 2 heterocycles. The zero-order valence-electron chi connectivity index (χ0n) is 13.4. The molecule has 0 aliphatic carbocycles. The molecule has 0 unspecified atom stereocenters. The normalized spacial score (nSPS) is 14.9. The highest BCUT2D eigenvalue weighted by molar-refractivity contribution is 7.80. The van der Waals surface area contributed by atoms with Crippen LogP contribution >= 0.6 is 23.8 Å². The molecule has 1 amide bonds. The van der Waals surface area contributed by atoms with E-state index in [1.54, 1.807) is 30.3 Å². The molecule has 2 N–H and O–H groups in total. The van der Waals surface area contributed by atoms with Gasteiger partial charge in [-0.3, -0.25) is 10.1 Å². The summed E-state index contributed by atoms with van der Waals surface area (Å²) in [5.41, 5.74) is 1.16.